The van der Waals surface area contributed by atoms with Crippen LogP contribution in [0, 0.1) is 5.82 Å². The fraction of sp³-hybridized carbons (Fsp3) is 0.381. The highest BCUT2D eigenvalue weighted by molar-refractivity contribution is 6.30. The van der Waals surface area contributed by atoms with E-state index in [-0.39, 0.29) is 5.82 Å². The van der Waals surface area contributed by atoms with Gasteiger partial charge in [0.1, 0.15) is 30.7 Å². The Morgan fingerprint density at radius 3 is 2.42 bits per heavy atom. The fourth-order valence-corrected chi connectivity index (χ4v) is 3.49. The molecule has 3 rings (SSSR count). The van der Waals surface area contributed by atoms with Crippen LogP contribution in [-0.2, 0) is 5.60 Å². The predicted molar refractivity (Wildman–Crippen MR) is 101 cm³/mol. The summed E-state index contributed by atoms with van der Waals surface area (Å²) in [6.07, 6.45) is 4.14. The molecule has 3 nitrogen and oxygen atoms in total. The van der Waals surface area contributed by atoms with Crippen molar-refractivity contribution in [1.29, 1.82) is 0 Å². The summed E-state index contributed by atoms with van der Waals surface area (Å²) in [5.41, 5.74) is 0.796. The van der Waals surface area contributed by atoms with Gasteiger partial charge in [0.25, 0.3) is 0 Å². The van der Waals surface area contributed by atoms with Gasteiger partial charge in [-0.25, -0.2) is 8.97 Å². The summed E-state index contributed by atoms with van der Waals surface area (Å²) >= 11 is 5.92. The molecular weight excluding hydrogens is 353 g/mol. The molecule has 138 valence electrons. The van der Waals surface area contributed by atoms with Crippen LogP contribution in [0.3, 0.4) is 0 Å². The molecule has 0 saturated carbocycles. The largest absolute Gasteiger partial charge is 0.388 e. The number of hydrogen-bond donors (Lipinski definition) is 2. The SMILES string of the molecule is OC(CCC[N+]1=CCC(O)(c2ccc(Cl)cc2)CC1)c1ccc(F)cc1. The summed E-state index contributed by atoms with van der Waals surface area (Å²) in [5.74, 6) is -0.294. The summed E-state index contributed by atoms with van der Waals surface area (Å²) in [5, 5.41) is 21.7. The molecule has 0 fully saturated rings. The minimum Gasteiger partial charge on any atom is -0.388 e. The van der Waals surface area contributed by atoms with Gasteiger partial charge in [-0.1, -0.05) is 35.9 Å². The molecule has 0 saturated heterocycles. The van der Waals surface area contributed by atoms with E-state index < -0.39 is 11.7 Å². The third kappa shape index (κ3) is 4.70. The highest BCUT2D eigenvalue weighted by Gasteiger charge is 2.34. The normalized spacial score (nSPS) is 21.3. The molecule has 0 amide bonds. The van der Waals surface area contributed by atoms with Crippen molar-refractivity contribution in [2.75, 3.05) is 13.1 Å². The van der Waals surface area contributed by atoms with Crippen molar-refractivity contribution >= 4 is 17.8 Å². The maximum Gasteiger partial charge on any atom is 0.145 e. The van der Waals surface area contributed by atoms with Gasteiger partial charge in [-0.05, 0) is 41.8 Å². The van der Waals surface area contributed by atoms with Gasteiger partial charge in [-0.2, -0.15) is 0 Å². The van der Waals surface area contributed by atoms with E-state index >= 15 is 0 Å². The first kappa shape index (κ1) is 19.0. The van der Waals surface area contributed by atoms with Crippen LogP contribution in [0.15, 0.2) is 48.5 Å². The van der Waals surface area contributed by atoms with E-state index in [1.807, 2.05) is 18.3 Å². The fourth-order valence-electron chi connectivity index (χ4n) is 3.37. The average Bonchev–Trinajstić information content (AvgIpc) is 2.64. The molecule has 2 aromatic rings. The van der Waals surface area contributed by atoms with E-state index in [0.29, 0.717) is 24.3 Å². The van der Waals surface area contributed by atoms with Crippen LogP contribution in [0.4, 0.5) is 4.39 Å². The minimum atomic E-state index is -0.839. The van der Waals surface area contributed by atoms with E-state index in [2.05, 4.69) is 4.58 Å². The second-order valence-electron chi connectivity index (χ2n) is 6.92. The van der Waals surface area contributed by atoms with E-state index in [4.69, 9.17) is 11.6 Å². The average molecular weight is 377 g/mol. The highest BCUT2D eigenvalue weighted by atomic mass is 35.5. The molecule has 2 unspecified atom stereocenters. The Hall–Kier alpha value is -1.75. The first-order valence-electron chi connectivity index (χ1n) is 8.96. The van der Waals surface area contributed by atoms with Crippen molar-refractivity contribution in [2.24, 2.45) is 0 Å². The van der Waals surface area contributed by atoms with Crippen molar-refractivity contribution in [2.45, 2.75) is 37.4 Å². The van der Waals surface area contributed by atoms with Gasteiger partial charge in [-0.15, -0.1) is 0 Å². The zero-order chi connectivity index (χ0) is 18.6. The molecule has 5 heteroatoms. The van der Waals surface area contributed by atoms with Crippen LogP contribution in [-0.4, -0.2) is 34.1 Å². The first-order valence-corrected chi connectivity index (χ1v) is 9.33. The van der Waals surface area contributed by atoms with Crippen LogP contribution >= 0.6 is 11.6 Å². The minimum absolute atomic E-state index is 0.294. The lowest BCUT2D eigenvalue weighted by atomic mass is 9.86. The van der Waals surface area contributed by atoms with Crippen molar-refractivity contribution in [3.63, 3.8) is 0 Å². The molecule has 2 N–H and O–H groups in total. The van der Waals surface area contributed by atoms with Crippen LogP contribution in [0.2, 0.25) is 5.02 Å². The number of aliphatic hydroxyl groups is 2. The molecule has 0 radical (unpaired) electrons. The van der Waals surface area contributed by atoms with E-state index in [0.717, 1.165) is 30.6 Å². The van der Waals surface area contributed by atoms with Crippen molar-refractivity contribution in [1.82, 2.24) is 0 Å². The topological polar surface area (TPSA) is 43.5 Å². The molecular formula is C21H24ClFNO2+. The molecule has 0 bridgehead atoms. The Morgan fingerprint density at radius 2 is 1.81 bits per heavy atom. The standard InChI is InChI=1S/C21H24ClFNO2/c22-18-7-5-17(6-8-18)21(26)11-14-24(15-12-21)13-1-2-20(25)16-3-9-19(23)10-4-16/h3-10,14,20,25-26H,1-2,11-13,15H2/q+1. The van der Waals surface area contributed by atoms with E-state index in [1.165, 1.54) is 12.1 Å². The number of nitrogens with zero attached hydrogens (tertiary/aromatic N) is 1. The van der Waals surface area contributed by atoms with E-state index in [9.17, 15) is 14.6 Å². The zero-order valence-electron chi connectivity index (χ0n) is 14.6. The number of aliphatic hydroxyl groups excluding tert-OH is 1. The molecule has 1 heterocycles. The van der Waals surface area contributed by atoms with Gasteiger partial charge < -0.3 is 10.2 Å². The lowest BCUT2D eigenvalue weighted by Gasteiger charge is -2.29. The Labute approximate surface area is 158 Å². The van der Waals surface area contributed by atoms with Gasteiger partial charge in [0.2, 0.25) is 0 Å². The predicted octanol–water partition coefficient (Wildman–Crippen LogP) is 4.06. The summed E-state index contributed by atoms with van der Waals surface area (Å²) < 4.78 is 15.1. The molecule has 0 aliphatic carbocycles. The third-order valence-electron chi connectivity index (χ3n) is 5.06. The van der Waals surface area contributed by atoms with Crippen molar-refractivity contribution in [3.8, 4) is 0 Å². The molecule has 1 aliphatic heterocycles. The Bertz CT molecular complexity index is 761. The Balaban J connectivity index is 1.50. The summed E-state index contributed by atoms with van der Waals surface area (Å²) in [6.45, 7) is 1.60. The van der Waals surface area contributed by atoms with Gasteiger partial charge in [0.15, 0.2) is 0 Å². The second kappa shape index (κ2) is 8.30. The van der Waals surface area contributed by atoms with Crippen LogP contribution in [0.5, 0.6) is 0 Å². The molecule has 1 aliphatic rings. The van der Waals surface area contributed by atoms with Gasteiger partial charge in [-0.3, -0.25) is 0 Å². The Morgan fingerprint density at radius 1 is 1.12 bits per heavy atom. The van der Waals surface area contributed by atoms with Gasteiger partial charge in [0.05, 0.1) is 12.5 Å². The van der Waals surface area contributed by atoms with Crippen LogP contribution in [0.25, 0.3) is 0 Å². The molecule has 2 atom stereocenters. The Kier molecular flexibility index (Phi) is 6.07. The lowest BCUT2D eigenvalue weighted by Crippen LogP contribution is -2.36. The maximum absolute atomic E-state index is 12.9. The number of benzene rings is 2. The van der Waals surface area contributed by atoms with Crippen LogP contribution in [0.1, 0.15) is 42.9 Å². The number of hydrogen-bond acceptors (Lipinski definition) is 2. The third-order valence-corrected chi connectivity index (χ3v) is 5.31. The van der Waals surface area contributed by atoms with Gasteiger partial charge >= 0.3 is 0 Å². The number of rotatable bonds is 6. The lowest BCUT2D eigenvalue weighted by molar-refractivity contribution is -0.534. The maximum atomic E-state index is 12.9. The van der Waals surface area contributed by atoms with Gasteiger partial charge in [0, 0.05) is 17.9 Å². The zero-order valence-corrected chi connectivity index (χ0v) is 15.4. The molecule has 26 heavy (non-hydrogen) atoms. The molecule has 0 spiro atoms. The molecule has 2 aromatic carbocycles. The highest BCUT2D eigenvalue weighted by Crippen LogP contribution is 2.31. The van der Waals surface area contributed by atoms with E-state index in [1.54, 1.807) is 24.3 Å². The monoisotopic (exact) mass is 376 g/mol. The quantitative estimate of drug-likeness (QED) is 0.747. The second-order valence-corrected chi connectivity index (χ2v) is 7.36. The summed E-state index contributed by atoms with van der Waals surface area (Å²) in [7, 11) is 0. The number of halogens is 2. The molecule has 0 aromatic heterocycles. The summed E-state index contributed by atoms with van der Waals surface area (Å²) in [6, 6.07) is 13.4. The van der Waals surface area contributed by atoms with Crippen molar-refractivity contribution < 1.29 is 19.2 Å². The van der Waals surface area contributed by atoms with Crippen LogP contribution < -0.4 is 0 Å². The first-order chi connectivity index (χ1) is 12.5. The smallest absolute Gasteiger partial charge is 0.145 e. The van der Waals surface area contributed by atoms with Crippen molar-refractivity contribution in [3.05, 3.63) is 70.5 Å². The summed E-state index contributed by atoms with van der Waals surface area (Å²) in [4.78, 5) is 0.